The molecule has 0 saturated carbocycles. The molecule has 1 aromatic carbocycles. The first-order valence-corrected chi connectivity index (χ1v) is 13.7. The minimum absolute atomic E-state index is 0.0485. The standard InChI is InChI=1S/C29H30ClN3O6/c1-5-29(37)18-8-22-26-16(10-33(22)27(35)17(18)11-39-28(29)36)25-20(31-23(34)12-38-13(2)3)7-6-15-14(4)19(30)9-21(32-26)24(15)25/h8-9,13,20,37H,5-7,10-12H2,1-4H3,(H,31,34)/t20?,29-/m0/s1. The quantitative estimate of drug-likeness (QED) is 0.364. The molecule has 3 aliphatic rings. The van der Waals surface area contributed by atoms with Crippen LogP contribution in [0.5, 0.6) is 0 Å². The van der Waals surface area contributed by atoms with Gasteiger partial charge in [-0.3, -0.25) is 9.59 Å². The van der Waals surface area contributed by atoms with Crippen molar-refractivity contribution in [2.45, 2.75) is 77.9 Å². The van der Waals surface area contributed by atoms with Crippen LogP contribution < -0.4 is 10.9 Å². The third-order valence-electron chi connectivity index (χ3n) is 8.26. The molecule has 9 nitrogen and oxygen atoms in total. The van der Waals surface area contributed by atoms with Crippen molar-refractivity contribution in [1.82, 2.24) is 14.9 Å². The van der Waals surface area contributed by atoms with E-state index in [2.05, 4.69) is 5.32 Å². The lowest BCUT2D eigenvalue weighted by molar-refractivity contribution is -0.172. The summed E-state index contributed by atoms with van der Waals surface area (Å²) in [5.74, 6) is -0.978. The van der Waals surface area contributed by atoms with Gasteiger partial charge in [0.05, 0.1) is 41.2 Å². The number of hydrogen-bond acceptors (Lipinski definition) is 7. The number of esters is 1. The summed E-state index contributed by atoms with van der Waals surface area (Å²) < 4.78 is 12.3. The minimum Gasteiger partial charge on any atom is -0.458 e. The van der Waals surface area contributed by atoms with E-state index in [-0.39, 0.29) is 60.9 Å². The average Bonchev–Trinajstić information content (AvgIpc) is 3.27. The Morgan fingerprint density at radius 3 is 2.79 bits per heavy atom. The Morgan fingerprint density at radius 1 is 1.31 bits per heavy atom. The number of aliphatic hydroxyl groups is 1. The Hall–Kier alpha value is -3.27. The molecule has 3 aromatic rings. The molecule has 2 atom stereocenters. The zero-order valence-corrected chi connectivity index (χ0v) is 23.1. The highest BCUT2D eigenvalue weighted by molar-refractivity contribution is 6.32. The summed E-state index contributed by atoms with van der Waals surface area (Å²) in [6, 6.07) is 3.21. The van der Waals surface area contributed by atoms with Crippen LogP contribution in [0.15, 0.2) is 16.9 Å². The lowest BCUT2D eigenvalue weighted by Gasteiger charge is -2.31. The average molecular weight is 552 g/mol. The highest BCUT2D eigenvalue weighted by Crippen LogP contribution is 2.46. The molecule has 1 unspecified atom stereocenters. The molecular weight excluding hydrogens is 522 g/mol. The van der Waals surface area contributed by atoms with E-state index in [1.165, 1.54) is 0 Å². The number of nitrogens with zero attached hydrogens (tertiary/aromatic N) is 2. The first kappa shape index (κ1) is 26.0. The van der Waals surface area contributed by atoms with Crippen LogP contribution in [0.2, 0.25) is 5.02 Å². The highest BCUT2D eigenvalue weighted by Gasteiger charge is 2.46. The monoisotopic (exact) mass is 551 g/mol. The molecule has 2 aliphatic heterocycles. The van der Waals surface area contributed by atoms with Crippen LogP contribution in [-0.2, 0) is 44.2 Å². The highest BCUT2D eigenvalue weighted by atomic mass is 35.5. The molecule has 0 spiro atoms. The summed E-state index contributed by atoms with van der Waals surface area (Å²) >= 11 is 6.62. The number of benzene rings is 1. The number of rotatable bonds is 5. The zero-order valence-electron chi connectivity index (χ0n) is 22.3. The van der Waals surface area contributed by atoms with Crippen LogP contribution in [0.4, 0.5) is 0 Å². The first-order valence-electron chi connectivity index (χ1n) is 13.3. The predicted octanol–water partition coefficient (Wildman–Crippen LogP) is 3.57. The van der Waals surface area contributed by atoms with Gasteiger partial charge in [-0.15, -0.1) is 0 Å². The van der Waals surface area contributed by atoms with Gasteiger partial charge in [0.2, 0.25) is 5.91 Å². The Labute approximate surface area is 230 Å². The summed E-state index contributed by atoms with van der Waals surface area (Å²) in [4.78, 5) is 44.1. The topological polar surface area (TPSA) is 120 Å². The fourth-order valence-electron chi connectivity index (χ4n) is 6.18. The second kappa shape index (κ2) is 9.15. The Balaban J connectivity index is 1.57. The molecule has 0 radical (unpaired) electrons. The molecule has 1 amide bonds. The van der Waals surface area contributed by atoms with Crippen molar-refractivity contribution in [2.75, 3.05) is 6.61 Å². The molecule has 6 rings (SSSR count). The Morgan fingerprint density at radius 2 is 2.08 bits per heavy atom. The van der Waals surface area contributed by atoms with Gasteiger partial charge in [-0.2, -0.15) is 0 Å². The number of pyridine rings is 2. The van der Waals surface area contributed by atoms with E-state index in [1.54, 1.807) is 17.6 Å². The van der Waals surface area contributed by atoms with Crippen LogP contribution >= 0.6 is 11.6 Å². The van der Waals surface area contributed by atoms with Gasteiger partial charge >= 0.3 is 5.97 Å². The van der Waals surface area contributed by atoms with Crippen molar-refractivity contribution < 1.29 is 24.2 Å². The van der Waals surface area contributed by atoms with Gasteiger partial charge in [-0.1, -0.05) is 18.5 Å². The fraction of sp³-hybridized carbons (Fsp3) is 0.448. The zero-order chi connectivity index (χ0) is 27.8. The van der Waals surface area contributed by atoms with Crippen molar-refractivity contribution in [3.8, 4) is 11.4 Å². The van der Waals surface area contributed by atoms with E-state index >= 15 is 0 Å². The molecule has 2 aromatic heterocycles. The van der Waals surface area contributed by atoms with E-state index in [1.807, 2.05) is 26.8 Å². The fourth-order valence-corrected chi connectivity index (χ4v) is 6.39. The summed E-state index contributed by atoms with van der Waals surface area (Å²) in [5.41, 5.74) is 3.91. The summed E-state index contributed by atoms with van der Waals surface area (Å²) in [6.45, 7) is 7.43. The van der Waals surface area contributed by atoms with Crippen LogP contribution in [0, 0.1) is 6.92 Å². The molecule has 1 aliphatic carbocycles. The van der Waals surface area contributed by atoms with Gasteiger partial charge in [-0.05, 0) is 68.9 Å². The largest absolute Gasteiger partial charge is 0.458 e. The number of ether oxygens (including phenoxy) is 2. The van der Waals surface area contributed by atoms with Crippen molar-refractivity contribution in [1.29, 1.82) is 0 Å². The van der Waals surface area contributed by atoms with E-state index < -0.39 is 11.6 Å². The van der Waals surface area contributed by atoms with Crippen LogP contribution in [-0.4, -0.2) is 39.2 Å². The molecule has 2 N–H and O–H groups in total. The second-order valence-corrected chi connectivity index (χ2v) is 11.2. The molecule has 39 heavy (non-hydrogen) atoms. The van der Waals surface area contributed by atoms with Crippen LogP contribution in [0.25, 0.3) is 22.3 Å². The number of halogens is 1. The third-order valence-corrected chi connectivity index (χ3v) is 8.65. The van der Waals surface area contributed by atoms with Gasteiger partial charge in [0, 0.05) is 21.5 Å². The van der Waals surface area contributed by atoms with E-state index in [9.17, 15) is 19.5 Å². The first-order chi connectivity index (χ1) is 18.5. The maximum Gasteiger partial charge on any atom is 0.343 e. The molecule has 204 valence electrons. The Bertz CT molecular complexity index is 1640. The SMILES string of the molecule is CC[C@@]1(O)C(=O)OCc2c1cc1n(c2=O)Cc2c-1nc1cc(Cl)c(C)c3c1c2C(NC(=O)COC(C)C)CC3. The smallest absolute Gasteiger partial charge is 0.343 e. The van der Waals surface area contributed by atoms with E-state index in [0.717, 1.165) is 34.1 Å². The van der Waals surface area contributed by atoms with Crippen molar-refractivity contribution in [3.63, 3.8) is 0 Å². The number of aryl methyl sites for hydroxylation is 1. The number of aromatic nitrogens is 2. The summed E-state index contributed by atoms with van der Waals surface area (Å²) in [5, 5.41) is 15.9. The lowest BCUT2D eigenvalue weighted by atomic mass is 9.81. The Kier molecular flexibility index (Phi) is 6.09. The van der Waals surface area contributed by atoms with Gasteiger partial charge in [0.1, 0.15) is 13.2 Å². The lowest BCUT2D eigenvalue weighted by Crippen LogP contribution is -2.44. The van der Waals surface area contributed by atoms with E-state index in [4.69, 9.17) is 26.1 Å². The van der Waals surface area contributed by atoms with Crippen molar-refractivity contribution >= 4 is 34.4 Å². The number of amides is 1. The van der Waals surface area contributed by atoms with Crippen LogP contribution in [0.1, 0.15) is 73.0 Å². The van der Waals surface area contributed by atoms with Crippen LogP contribution in [0.3, 0.4) is 0 Å². The van der Waals surface area contributed by atoms with Gasteiger partial charge in [0.25, 0.3) is 5.56 Å². The van der Waals surface area contributed by atoms with Crippen molar-refractivity contribution in [2.24, 2.45) is 0 Å². The summed E-state index contributed by atoms with van der Waals surface area (Å²) in [7, 11) is 0. The predicted molar refractivity (Wildman–Crippen MR) is 145 cm³/mol. The number of nitrogens with one attached hydrogen (secondary N) is 1. The molecule has 4 heterocycles. The van der Waals surface area contributed by atoms with Gasteiger partial charge in [-0.25, -0.2) is 9.78 Å². The maximum atomic E-state index is 13.7. The molecule has 10 heteroatoms. The van der Waals surface area contributed by atoms with E-state index in [0.29, 0.717) is 28.3 Å². The third kappa shape index (κ3) is 3.82. The number of fused-ring (bicyclic) bond motifs is 5. The molecule has 0 saturated heterocycles. The maximum absolute atomic E-state index is 13.7. The number of carbonyl (C=O) groups is 2. The van der Waals surface area contributed by atoms with Gasteiger partial charge < -0.3 is 24.5 Å². The normalized spacial score (nSPS) is 21.0. The number of cyclic esters (lactones) is 1. The molecular formula is C29H30ClN3O6. The van der Waals surface area contributed by atoms with Crippen molar-refractivity contribution in [3.05, 3.63) is 60.9 Å². The summed E-state index contributed by atoms with van der Waals surface area (Å²) in [6.07, 6.45) is 1.37. The molecule has 0 bridgehead atoms. The number of carbonyl (C=O) groups excluding carboxylic acids is 2. The minimum atomic E-state index is -1.91. The number of hydrogen-bond donors (Lipinski definition) is 2. The second-order valence-electron chi connectivity index (χ2n) is 10.8. The molecule has 0 fully saturated rings. The van der Waals surface area contributed by atoms with Gasteiger partial charge in [0.15, 0.2) is 5.60 Å².